The highest BCUT2D eigenvalue weighted by atomic mass is 19.4. The Bertz CT molecular complexity index is 937. The van der Waals surface area contributed by atoms with Crippen LogP contribution in [0.2, 0.25) is 0 Å². The number of nitrogens with zero attached hydrogens (tertiary/aromatic N) is 3. The highest BCUT2D eigenvalue weighted by Crippen LogP contribution is 2.32. The lowest BCUT2D eigenvalue weighted by atomic mass is 10.1. The van der Waals surface area contributed by atoms with E-state index in [-0.39, 0.29) is 18.7 Å². The molecular formula is C21H21F3N4O. The largest absolute Gasteiger partial charge is 0.416 e. The second kappa shape index (κ2) is 8.81. The maximum atomic E-state index is 13.1. The molecule has 1 heterocycles. The van der Waals surface area contributed by atoms with E-state index in [1.54, 1.807) is 6.20 Å². The number of aromatic nitrogens is 2. The third-order valence-electron chi connectivity index (χ3n) is 4.45. The first-order valence-electron chi connectivity index (χ1n) is 9.02. The van der Waals surface area contributed by atoms with Gasteiger partial charge in [0.25, 0.3) is 0 Å². The van der Waals surface area contributed by atoms with Crippen LogP contribution in [-0.2, 0) is 25.8 Å². The zero-order valence-electron chi connectivity index (χ0n) is 15.9. The number of halogens is 3. The fraction of sp³-hybridized carbons (Fsp3) is 0.238. The molecule has 1 N–H and O–H groups in total. The van der Waals surface area contributed by atoms with Crippen LogP contribution in [-0.4, -0.2) is 27.8 Å². The highest BCUT2D eigenvalue weighted by molar-refractivity contribution is 5.73. The summed E-state index contributed by atoms with van der Waals surface area (Å²) in [6, 6.07) is 14.4. The van der Waals surface area contributed by atoms with Crippen LogP contribution in [0.4, 0.5) is 18.0 Å². The van der Waals surface area contributed by atoms with Crippen LogP contribution < -0.4 is 5.32 Å². The van der Waals surface area contributed by atoms with Crippen molar-refractivity contribution in [3.63, 3.8) is 0 Å². The molecular weight excluding hydrogens is 381 g/mol. The molecule has 0 bridgehead atoms. The van der Waals surface area contributed by atoms with Gasteiger partial charge in [-0.2, -0.15) is 18.3 Å². The van der Waals surface area contributed by atoms with Gasteiger partial charge in [-0.15, -0.1) is 0 Å². The van der Waals surface area contributed by atoms with Crippen LogP contribution in [0.5, 0.6) is 0 Å². The minimum Gasteiger partial charge on any atom is -0.334 e. The predicted molar refractivity (Wildman–Crippen MR) is 103 cm³/mol. The predicted octanol–water partition coefficient (Wildman–Crippen LogP) is 4.29. The lowest BCUT2D eigenvalue weighted by Crippen LogP contribution is -2.36. The van der Waals surface area contributed by atoms with Gasteiger partial charge in [-0.05, 0) is 28.8 Å². The summed E-state index contributed by atoms with van der Waals surface area (Å²) in [7, 11) is 1.47. The van der Waals surface area contributed by atoms with Gasteiger partial charge in [0, 0.05) is 32.5 Å². The summed E-state index contributed by atoms with van der Waals surface area (Å²) in [6.07, 6.45) is -0.861. The van der Waals surface area contributed by atoms with E-state index in [1.807, 2.05) is 41.2 Å². The Morgan fingerprint density at radius 2 is 1.76 bits per heavy atom. The Morgan fingerprint density at radius 1 is 1.07 bits per heavy atom. The fourth-order valence-corrected chi connectivity index (χ4v) is 2.92. The number of urea groups is 1. The molecule has 5 nitrogen and oxygen atoms in total. The molecule has 152 valence electrons. The van der Waals surface area contributed by atoms with Crippen molar-refractivity contribution in [3.8, 4) is 0 Å². The molecule has 1 aromatic heterocycles. The second-order valence-corrected chi connectivity index (χ2v) is 6.69. The van der Waals surface area contributed by atoms with E-state index in [0.29, 0.717) is 6.54 Å². The summed E-state index contributed by atoms with van der Waals surface area (Å²) >= 11 is 0. The van der Waals surface area contributed by atoms with Gasteiger partial charge in [0.1, 0.15) is 0 Å². The van der Waals surface area contributed by atoms with Gasteiger partial charge in [-0.3, -0.25) is 4.68 Å². The van der Waals surface area contributed by atoms with Gasteiger partial charge in [-0.25, -0.2) is 4.79 Å². The van der Waals surface area contributed by atoms with Crippen LogP contribution in [0.25, 0.3) is 0 Å². The van der Waals surface area contributed by atoms with E-state index >= 15 is 0 Å². The number of rotatable bonds is 6. The molecule has 0 aliphatic carbocycles. The zero-order chi connectivity index (χ0) is 20.9. The molecule has 0 fully saturated rings. The van der Waals surface area contributed by atoms with Crippen LogP contribution in [0.1, 0.15) is 22.3 Å². The number of benzene rings is 2. The van der Waals surface area contributed by atoms with Crippen molar-refractivity contribution in [3.05, 3.63) is 89.2 Å². The van der Waals surface area contributed by atoms with E-state index in [1.165, 1.54) is 30.1 Å². The monoisotopic (exact) mass is 402 g/mol. The van der Waals surface area contributed by atoms with E-state index < -0.39 is 17.8 Å². The minimum atomic E-state index is -4.45. The second-order valence-electron chi connectivity index (χ2n) is 6.69. The molecule has 0 atom stereocenters. The van der Waals surface area contributed by atoms with Gasteiger partial charge >= 0.3 is 12.2 Å². The quantitative estimate of drug-likeness (QED) is 0.669. The van der Waals surface area contributed by atoms with Crippen molar-refractivity contribution in [2.45, 2.75) is 25.8 Å². The normalized spacial score (nSPS) is 11.3. The number of carbonyl (C=O) groups is 1. The van der Waals surface area contributed by atoms with E-state index in [4.69, 9.17) is 0 Å². The maximum absolute atomic E-state index is 13.1. The Labute approximate surface area is 166 Å². The van der Waals surface area contributed by atoms with Crippen LogP contribution in [0.3, 0.4) is 0 Å². The van der Waals surface area contributed by atoms with Crippen molar-refractivity contribution in [1.29, 1.82) is 0 Å². The maximum Gasteiger partial charge on any atom is 0.416 e. The summed E-state index contributed by atoms with van der Waals surface area (Å²) in [5.74, 6) is 0. The number of alkyl halides is 3. The molecule has 8 heteroatoms. The third kappa shape index (κ3) is 5.60. The smallest absolute Gasteiger partial charge is 0.334 e. The number of hydrogen-bond donors (Lipinski definition) is 1. The number of nitrogens with one attached hydrogen (secondary N) is 1. The number of hydrogen-bond acceptors (Lipinski definition) is 2. The molecule has 29 heavy (non-hydrogen) atoms. The molecule has 0 spiro atoms. The first kappa shape index (κ1) is 20.4. The SMILES string of the molecule is CN(Cc1ccccc1C(F)(F)F)C(=O)NCc1ccc(Cn2cccn2)cc1. The summed E-state index contributed by atoms with van der Waals surface area (Å²) in [5, 5.41) is 6.88. The Hall–Kier alpha value is -3.29. The summed E-state index contributed by atoms with van der Waals surface area (Å²) in [5.41, 5.74) is 1.30. The van der Waals surface area contributed by atoms with Crippen molar-refractivity contribution in [2.75, 3.05) is 7.05 Å². The summed E-state index contributed by atoms with van der Waals surface area (Å²) in [6.45, 7) is 0.803. The molecule has 0 aliphatic heterocycles. The van der Waals surface area contributed by atoms with Crippen molar-refractivity contribution < 1.29 is 18.0 Å². The highest BCUT2D eigenvalue weighted by Gasteiger charge is 2.33. The summed E-state index contributed by atoms with van der Waals surface area (Å²) < 4.78 is 41.1. The van der Waals surface area contributed by atoms with Gasteiger partial charge in [0.2, 0.25) is 0 Å². The molecule has 0 saturated carbocycles. The molecule has 0 radical (unpaired) electrons. The van der Waals surface area contributed by atoms with Crippen LogP contribution >= 0.6 is 0 Å². The molecule has 2 aromatic carbocycles. The van der Waals surface area contributed by atoms with Gasteiger partial charge in [-0.1, -0.05) is 42.5 Å². The number of carbonyl (C=O) groups excluding carboxylic acids is 1. The molecule has 2 amide bonds. The van der Waals surface area contributed by atoms with Crippen LogP contribution in [0.15, 0.2) is 67.0 Å². The Kier molecular flexibility index (Phi) is 6.21. The van der Waals surface area contributed by atoms with Crippen molar-refractivity contribution in [1.82, 2.24) is 20.0 Å². The average molecular weight is 402 g/mol. The first-order valence-corrected chi connectivity index (χ1v) is 9.02. The standard InChI is InChI=1S/C21H21F3N4O/c1-27(15-18-5-2-3-6-19(18)21(22,23)24)20(29)25-13-16-7-9-17(10-8-16)14-28-12-4-11-26-28/h2-12H,13-15H2,1H3,(H,25,29). The van der Waals surface area contributed by atoms with E-state index in [2.05, 4.69) is 10.4 Å². The van der Waals surface area contributed by atoms with E-state index in [0.717, 1.165) is 17.2 Å². The third-order valence-corrected chi connectivity index (χ3v) is 4.45. The lowest BCUT2D eigenvalue weighted by Gasteiger charge is -2.20. The Balaban J connectivity index is 1.54. The van der Waals surface area contributed by atoms with Gasteiger partial charge in [0.15, 0.2) is 0 Å². The molecule has 0 aliphatic rings. The first-order chi connectivity index (χ1) is 13.8. The van der Waals surface area contributed by atoms with Gasteiger partial charge in [0.05, 0.1) is 12.1 Å². The average Bonchev–Trinajstić information content (AvgIpc) is 3.20. The van der Waals surface area contributed by atoms with Crippen LogP contribution in [0, 0.1) is 0 Å². The topological polar surface area (TPSA) is 50.2 Å². The number of amides is 2. The molecule has 0 saturated heterocycles. The molecule has 3 aromatic rings. The molecule has 3 rings (SSSR count). The lowest BCUT2D eigenvalue weighted by molar-refractivity contribution is -0.138. The fourth-order valence-electron chi connectivity index (χ4n) is 2.92. The van der Waals surface area contributed by atoms with E-state index in [9.17, 15) is 18.0 Å². The Morgan fingerprint density at radius 3 is 2.41 bits per heavy atom. The zero-order valence-corrected chi connectivity index (χ0v) is 15.9. The molecule has 0 unspecified atom stereocenters. The van der Waals surface area contributed by atoms with Gasteiger partial charge < -0.3 is 10.2 Å². The minimum absolute atomic E-state index is 0.0561. The summed E-state index contributed by atoms with van der Waals surface area (Å²) in [4.78, 5) is 13.5. The van der Waals surface area contributed by atoms with Crippen molar-refractivity contribution >= 4 is 6.03 Å². The van der Waals surface area contributed by atoms with Crippen molar-refractivity contribution in [2.24, 2.45) is 0 Å².